The lowest BCUT2D eigenvalue weighted by Gasteiger charge is -2.36. The lowest BCUT2D eigenvalue weighted by atomic mass is 9.76. The Labute approximate surface area is 191 Å². The summed E-state index contributed by atoms with van der Waals surface area (Å²) in [5, 5.41) is 11.1. The van der Waals surface area contributed by atoms with Gasteiger partial charge in [0.15, 0.2) is 17.2 Å². The van der Waals surface area contributed by atoms with Crippen LogP contribution >= 0.6 is 11.6 Å². The van der Waals surface area contributed by atoms with Gasteiger partial charge in [-0.15, -0.1) is 0 Å². The number of pyridine rings is 1. The Kier molecular flexibility index (Phi) is 6.85. The number of methoxy groups -OCH3 is 1. The van der Waals surface area contributed by atoms with E-state index >= 15 is 0 Å². The Hall–Kier alpha value is -2.91. The van der Waals surface area contributed by atoms with Crippen molar-refractivity contribution in [3.63, 3.8) is 0 Å². The van der Waals surface area contributed by atoms with Crippen molar-refractivity contribution < 1.29 is 27.4 Å². The summed E-state index contributed by atoms with van der Waals surface area (Å²) < 4.78 is 61.7. The molecule has 0 fully saturated rings. The molecule has 2 aromatic carbocycles. The number of ether oxygens (including phenoxy) is 1. The fourth-order valence-corrected chi connectivity index (χ4v) is 3.85. The first-order valence-electron chi connectivity index (χ1n) is 9.89. The van der Waals surface area contributed by atoms with Gasteiger partial charge in [0.1, 0.15) is 0 Å². The van der Waals surface area contributed by atoms with E-state index in [-0.39, 0.29) is 27.4 Å². The number of aliphatic imine (C=N–C) groups is 1. The molecule has 0 spiro atoms. The number of aromatic nitrogens is 1. The summed E-state index contributed by atoms with van der Waals surface area (Å²) in [5.74, 6) is -3.72. The molecule has 2 N–H and O–H groups in total. The Balaban J connectivity index is 2.08. The number of fused-ring (bicyclic) bond motifs is 1. The third-order valence-electron chi connectivity index (χ3n) is 5.87. The highest BCUT2D eigenvalue weighted by Gasteiger charge is 2.57. The minimum atomic E-state index is -5.11. The summed E-state index contributed by atoms with van der Waals surface area (Å²) in [5.41, 5.74) is -3.61. The summed E-state index contributed by atoms with van der Waals surface area (Å²) in [6.45, 7) is 2.60. The van der Waals surface area contributed by atoms with Crippen LogP contribution in [0, 0.1) is 11.7 Å². The van der Waals surface area contributed by atoms with Crippen LogP contribution in [0.3, 0.4) is 0 Å². The van der Waals surface area contributed by atoms with Crippen LogP contribution in [0.25, 0.3) is 10.8 Å². The van der Waals surface area contributed by atoms with E-state index in [1.54, 1.807) is 0 Å². The molecule has 0 saturated carbocycles. The van der Waals surface area contributed by atoms with Crippen molar-refractivity contribution in [3.05, 3.63) is 69.4 Å². The molecule has 0 radical (unpaired) electrons. The average Bonchev–Trinajstić information content (AvgIpc) is 2.77. The predicted octanol–water partition coefficient (Wildman–Crippen LogP) is 5.76. The van der Waals surface area contributed by atoms with Gasteiger partial charge in [-0.2, -0.15) is 13.2 Å². The summed E-state index contributed by atoms with van der Waals surface area (Å²) in [6, 6.07) is 8.49. The molecule has 0 amide bonds. The number of nitrogens with zero attached hydrogens (tertiary/aromatic N) is 1. The van der Waals surface area contributed by atoms with Gasteiger partial charge in [0, 0.05) is 34.7 Å². The maximum absolute atomic E-state index is 14.4. The molecule has 5 nitrogen and oxygen atoms in total. The van der Waals surface area contributed by atoms with Gasteiger partial charge in [0.05, 0.1) is 17.8 Å². The van der Waals surface area contributed by atoms with E-state index < -0.39 is 35.0 Å². The standard InChI is InChI=1S/C23H21ClF4N2O3/c1-12(14-7-8-17(24)19(25)20(14)33-3)13(2)22(32,23(26,27)28)11-30-18-6-4-5-16-15(18)9-10-29-21(16)31/h4-13,32H,1-3H3,(H,29,31)/b30-11+. The predicted molar refractivity (Wildman–Crippen MR) is 119 cm³/mol. The van der Waals surface area contributed by atoms with Gasteiger partial charge >= 0.3 is 6.18 Å². The number of aliphatic hydroxyl groups is 1. The fraction of sp³-hybridized carbons (Fsp3) is 0.304. The summed E-state index contributed by atoms with van der Waals surface area (Å²) in [6.07, 6.45) is -3.33. The number of aromatic amines is 1. The highest BCUT2D eigenvalue weighted by molar-refractivity contribution is 6.30. The number of halogens is 5. The zero-order valence-electron chi connectivity index (χ0n) is 17.9. The number of hydrogen-bond acceptors (Lipinski definition) is 4. The minimum absolute atomic E-state index is 0.0799. The monoisotopic (exact) mass is 484 g/mol. The first-order valence-corrected chi connectivity index (χ1v) is 10.3. The number of rotatable bonds is 6. The summed E-state index contributed by atoms with van der Waals surface area (Å²) in [7, 11) is 1.18. The van der Waals surface area contributed by atoms with E-state index in [0.29, 0.717) is 11.6 Å². The molecular formula is C23H21ClF4N2O3. The summed E-state index contributed by atoms with van der Waals surface area (Å²) >= 11 is 5.76. The van der Waals surface area contributed by atoms with E-state index in [9.17, 15) is 27.5 Å². The van der Waals surface area contributed by atoms with E-state index in [1.807, 2.05) is 0 Å². The van der Waals surface area contributed by atoms with Crippen molar-refractivity contribution in [1.82, 2.24) is 4.98 Å². The van der Waals surface area contributed by atoms with Crippen molar-refractivity contribution in [1.29, 1.82) is 0 Å². The van der Waals surface area contributed by atoms with Crippen molar-refractivity contribution in [3.8, 4) is 5.75 Å². The van der Waals surface area contributed by atoms with Crippen LogP contribution in [-0.4, -0.2) is 35.2 Å². The van der Waals surface area contributed by atoms with Crippen LogP contribution in [0.5, 0.6) is 5.75 Å². The molecule has 0 saturated heterocycles. The second kappa shape index (κ2) is 9.15. The molecule has 33 heavy (non-hydrogen) atoms. The minimum Gasteiger partial charge on any atom is -0.493 e. The maximum Gasteiger partial charge on any atom is 0.422 e. The van der Waals surface area contributed by atoms with Crippen LogP contribution in [0.2, 0.25) is 5.02 Å². The van der Waals surface area contributed by atoms with E-state index in [0.717, 1.165) is 0 Å². The quantitative estimate of drug-likeness (QED) is 0.345. The Morgan fingerprint density at radius 3 is 2.48 bits per heavy atom. The number of alkyl halides is 3. The largest absolute Gasteiger partial charge is 0.493 e. The van der Waals surface area contributed by atoms with Crippen molar-refractivity contribution in [2.45, 2.75) is 31.5 Å². The van der Waals surface area contributed by atoms with E-state index in [2.05, 4.69) is 9.98 Å². The molecule has 1 aromatic heterocycles. The van der Waals surface area contributed by atoms with Gasteiger partial charge in [0.25, 0.3) is 5.56 Å². The van der Waals surface area contributed by atoms with Crippen molar-refractivity contribution in [2.24, 2.45) is 10.9 Å². The molecular weight excluding hydrogens is 464 g/mol. The molecule has 0 aliphatic heterocycles. The van der Waals surface area contributed by atoms with Crippen molar-refractivity contribution in [2.75, 3.05) is 7.11 Å². The Morgan fingerprint density at radius 1 is 1.15 bits per heavy atom. The molecule has 3 atom stereocenters. The third kappa shape index (κ3) is 4.47. The molecule has 3 aromatic rings. The number of nitrogens with one attached hydrogen (secondary N) is 1. The molecule has 1 heterocycles. The fourth-order valence-electron chi connectivity index (χ4n) is 3.70. The highest BCUT2D eigenvalue weighted by atomic mass is 35.5. The topological polar surface area (TPSA) is 74.7 Å². The van der Waals surface area contributed by atoms with Gasteiger partial charge in [0.2, 0.25) is 0 Å². The van der Waals surface area contributed by atoms with E-state index in [4.69, 9.17) is 16.3 Å². The normalized spacial score (nSPS) is 16.0. The Bertz CT molecular complexity index is 1260. The lowest BCUT2D eigenvalue weighted by Crippen LogP contribution is -2.53. The molecule has 0 bridgehead atoms. The van der Waals surface area contributed by atoms with Crippen LogP contribution in [0.1, 0.15) is 25.3 Å². The zero-order valence-corrected chi connectivity index (χ0v) is 18.6. The third-order valence-corrected chi connectivity index (χ3v) is 6.16. The van der Waals surface area contributed by atoms with Crippen molar-refractivity contribution >= 4 is 34.3 Å². The average molecular weight is 485 g/mol. The number of benzene rings is 2. The molecule has 176 valence electrons. The molecule has 3 rings (SSSR count). The van der Waals surface area contributed by atoms with Gasteiger partial charge in [-0.05, 0) is 30.2 Å². The smallest absolute Gasteiger partial charge is 0.422 e. The van der Waals surface area contributed by atoms with Gasteiger partial charge in [-0.25, -0.2) is 4.39 Å². The first kappa shape index (κ1) is 24.7. The van der Waals surface area contributed by atoms with Crippen LogP contribution in [0.4, 0.5) is 23.2 Å². The van der Waals surface area contributed by atoms with Crippen LogP contribution < -0.4 is 10.3 Å². The molecule has 0 aliphatic rings. The first-order chi connectivity index (χ1) is 15.4. The number of H-pyrrole nitrogens is 1. The SMILES string of the molecule is COc1c(C(C)C(C)C(O)(/C=N/c2cccc3c(=O)[nH]ccc23)C(F)(F)F)ccc(Cl)c1F. The lowest BCUT2D eigenvalue weighted by molar-refractivity contribution is -0.246. The molecule has 10 heteroatoms. The molecule has 0 aliphatic carbocycles. The van der Waals surface area contributed by atoms with Gasteiger partial charge in [-0.3, -0.25) is 9.79 Å². The Morgan fingerprint density at radius 2 is 1.85 bits per heavy atom. The van der Waals surface area contributed by atoms with Gasteiger partial charge < -0.3 is 14.8 Å². The molecule has 3 unspecified atom stereocenters. The van der Waals surface area contributed by atoms with Crippen LogP contribution in [-0.2, 0) is 0 Å². The zero-order chi connectivity index (χ0) is 24.6. The second-order valence-electron chi connectivity index (χ2n) is 7.69. The van der Waals surface area contributed by atoms with Crippen LogP contribution in [0.15, 0.2) is 52.4 Å². The van der Waals surface area contributed by atoms with E-state index in [1.165, 1.54) is 63.6 Å². The second-order valence-corrected chi connectivity index (χ2v) is 8.09. The van der Waals surface area contributed by atoms with Gasteiger partial charge in [-0.1, -0.05) is 37.6 Å². The summed E-state index contributed by atoms with van der Waals surface area (Å²) in [4.78, 5) is 18.4. The number of hydrogen-bond donors (Lipinski definition) is 2. The highest BCUT2D eigenvalue weighted by Crippen LogP contribution is 2.45. The maximum atomic E-state index is 14.4.